The Hall–Kier alpha value is -4.18. The lowest BCUT2D eigenvalue weighted by molar-refractivity contribution is -0.764. The number of aliphatic hydroxyl groups excluding tert-OH is 1. The number of aromatic nitrogens is 1. The second-order valence-electron chi connectivity index (χ2n) is 7.52. The van der Waals surface area contributed by atoms with Gasteiger partial charge in [-0.1, -0.05) is 0 Å². The second kappa shape index (κ2) is 8.52. The van der Waals surface area contributed by atoms with Gasteiger partial charge in [-0.2, -0.15) is 5.26 Å². The number of hydrogen-bond acceptors (Lipinski definition) is 10. The molecular formula is C19H18N4O9. The third-order valence-electron chi connectivity index (χ3n) is 5.05. The van der Waals surface area contributed by atoms with E-state index in [4.69, 9.17) is 4.74 Å². The van der Waals surface area contributed by atoms with Crippen LogP contribution in [0.2, 0.25) is 0 Å². The molecule has 2 heterocycles. The van der Waals surface area contributed by atoms with Gasteiger partial charge in [-0.15, -0.1) is 20.2 Å². The number of benzene rings is 1. The van der Waals surface area contributed by atoms with Crippen molar-refractivity contribution >= 4 is 0 Å². The van der Waals surface area contributed by atoms with Crippen molar-refractivity contribution < 1.29 is 29.7 Å². The Morgan fingerprint density at radius 2 is 1.81 bits per heavy atom. The quantitative estimate of drug-likeness (QED) is 0.480. The van der Waals surface area contributed by atoms with Crippen LogP contribution >= 0.6 is 0 Å². The van der Waals surface area contributed by atoms with Gasteiger partial charge >= 0.3 is 0 Å². The lowest BCUT2D eigenvalue weighted by atomic mass is 9.85. The monoisotopic (exact) mass is 446 g/mol. The maximum Gasteiger partial charge on any atom is 0.294 e. The minimum absolute atomic E-state index is 0.0107. The molecule has 0 spiro atoms. The lowest BCUT2D eigenvalue weighted by Gasteiger charge is -2.42. The molecule has 0 amide bonds. The number of nitrogens with zero attached hydrogens (tertiary/aromatic N) is 4. The van der Waals surface area contributed by atoms with Crippen LogP contribution < -0.4 is 10.3 Å². The molecule has 1 aliphatic rings. The third-order valence-corrected chi connectivity index (χ3v) is 5.05. The fourth-order valence-corrected chi connectivity index (χ4v) is 3.50. The minimum Gasteiger partial charge on any atom is -0.485 e. The molecule has 3 rings (SSSR count). The predicted octanol–water partition coefficient (Wildman–Crippen LogP) is 1.26. The van der Waals surface area contributed by atoms with Gasteiger partial charge < -0.3 is 24.1 Å². The zero-order chi connectivity index (χ0) is 23.6. The molecule has 0 radical (unpaired) electrons. The molecule has 0 unspecified atom stereocenters. The van der Waals surface area contributed by atoms with E-state index in [1.54, 1.807) is 19.9 Å². The Bertz CT molecular complexity index is 1170. The van der Waals surface area contributed by atoms with Crippen molar-refractivity contribution in [2.75, 3.05) is 0 Å². The van der Waals surface area contributed by atoms with Crippen molar-refractivity contribution in [1.82, 2.24) is 4.57 Å². The summed E-state index contributed by atoms with van der Waals surface area (Å²) in [5.74, 6) is 0.347. The predicted molar refractivity (Wildman–Crippen MR) is 104 cm³/mol. The number of nitriles is 1. The van der Waals surface area contributed by atoms with Crippen LogP contribution in [0.1, 0.15) is 42.1 Å². The van der Waals surface area contributed by atoms with Crippen molar-refractivity contribution in [2.24, 2.45) is 0 Å². The number of hydrogen-bond donors (Lipinski definition) is 1. The van der Waals surface area contributed by atoms with Crippen molar-refractivity contribution in [3.8, 4) is 11.8 Å². The molecule has 0 saturated heterocycles. The second-order valence-corrected chi connectivity index (χ2v) is 7.52. The van der Waals surface area contributed by atoms with Gasteiger partial charge in [0, 0.05) is 17.8 Å². The standard InChI is InChI=1S/C19H18N4O9/c1-19(2)18(25)17(14-5-11(7-20)3-4-15(14)32-19)21-8-13(10-31-23(28)29)12(6-16(21)24)9-30-22(26)27/h3-6,8,17-18,25H,9-10H2,1-2H3/t17-,18+/m1/s1. The molecule has 32 heavy (non-hydrogen) atoms. The number of ether oxygens (including phenoxy) is 1. The molecule has 13 nitrogen and oxygen atoms in total. The Morgan fingerprint density at radius 1 is 1.19 bits per heavy atom. The Morgan fingerprint density at radius 3 is 2.41 bits per heavy atom. The van der Waals surface area contributed by atoms with Crippen LogP contribution in [0.25, 0.3) is 0 Å². The summed E-state index contributed by atoms with van der Waals surface area (Å²) in [5.41, 5.74) is -1.09. The first kappa shape index (κ1) is 22.5. The van der Waals surface area contributed by atoms with Crippen LogP contribution in [0.3, 0.4) is 0 Å². The van der Waals surface area contributed by atoms with Crippen LogP contribution in [-0.2, 0) is 22.9 Å². The van der Waals surface area contributed by atoms with Crippen LogP contribution in [0.5, 0.6) is 5.75 Å². The minimum atomic E-state index is -1.26. The van der Waals surface area contributed by atoms with Gasteiger partial charge in [0.05, 0.1) is 17.7 Å². The maximum atomic E-state index is 12.9. The SMILES string of the molecule is CC1(C)Oc2ccc(C#N)cc2[C@@H](n2cc(CO[N+](=O)[O-])c(CO[N+](=O)[O-])cc2=O)[C@@H]1O. The summed E-state index contributed by atoms with van der Waals surface area (Å²) in [5, 5.41) is 39.4. The Labute approximate surface area is 180 Å². The zero-order valence-corrected chi connectivity index (χ0v) is 17.0. The highest BCUT2D eigenvalue weighted by Crippen LogP contribution is 2.42. The van der Waals surface area contributed by atoms with Gasteiger partial charge in [0.15, 0.2) is 0 Å². The largest absolute Gasteiger partial charge is 0.485 e. The first-order valence-electron chi connectivity index (χ1n) is 9.23. The van der Waals surface area contributed by atoms with Gasteiger partial charge in [-0.05, 0) is 43.2 Å². The molecule has 1 aromatic carbocycles. The highest BCUT2D eigenvalue weighted by molar-refractivity contribution is 5.47. The summed E-state index contributed by atoms with van der Waals surface area (Å²) in [4.78, 5) is 42.8. The third kappa shape index (κ3) is 4.44. The summed E-state index contributed by atoms with van der Waals surface area (Å²) >= 11 is 0. The number of pyridine rings is 1. The summed E-state index contributed by atoms with van der Waals surface area (Å²) in [7, 11) is 0. The zero-order valence-electron chi connectivity index (χ0n) is 17.0. The molecule has 1 aromatic heterocycles. The van der Waals surface area contributed by atoms with E-state index in [0.717, 1.165) is 10.6 Å². The van der Waals surface area contributed by atoms with Gasteiger partial charge in [0.2, 0.25) is 0 Å². The molecule has 13 heteroatoms. The highest BCUT2D eigenvalue weighted by Gasteiger charge is 2.44. The number of fused-ring (bicyclic) bond motifs is 1. The summed E-state index contributed by atoms with van der Waals surface area (Å²) in [6.45, 7) is 1.99. The van der Waals surface area contributed by atoms with E-state index in [1.165, 1.54) is 18.3 Å². The summed E-state index contributed by atoms with van der Waals surface area (Å²) < 4.78 is 6.96. The average Bonchev–Trinajstić information content (AvgIpc) is 2.72. The van der Waals surface area contributed by atoms with Gasteiger partial charge in [0.25, 0.3) is 15.7 Å². The molecule has 2 aromatic rings. The van der Waals surface area contributed by atoms with Crippen molar-refractivity contribution in [2.45, 2.75) is 44.8 Å². The van der Waals surface area contributed by atoms with E-state index < -0.39 is 46.7 Å². The smallest absolute Gasteiger partial charge is 0.294 e. The molecule has 0 aliphatic carbocycles. The Kier molecular flexibility index (Phi) is 5.99. The molecule has 168 valence electrons. The van der Waals surface area contributed by atoms with E-state index in [-0.39, 0.29) is 16.7 Å². The number of aliphatic hydroxyl groups is 1. The average molecular weight is 446 g/mol. The van der Waals surface area contributed by atoms with E-state index in [2.05, 4.69) is 9.68 Å². The van der Waals surface area contributed by atoms with Gasteiger partial charge in [-0.3, -0.25) is 4.79 Å². The Balaban J connectivity index is 2.18. The van der Waals surface area contributed by atoms with Crippen LogP contribution in [0.4, 0.5) is 0 Å². The fourth-order valence-electron chi connectivity index (χ4n) is 3.50. The summed E-state index contributed by atoms with van der Waals surface area (Å²) in [6, 6.07) is 6.53. The van der Waals surface area contributed by atoms with Crippen molar-refractivity contribution in [3.63, 3.8) is 0 Å². The van der Waals surface area contributed by atoms with E-state index in [0.29, 0.717) is 11.3 Å². The maximum absolute atomic E-state index is 12.9. The van der Waals surface area contributed by atoms with Crippen LogP contribution in [0.15, 0.2) is 35.3 Å². The van der Waals surface area contributed by atoms with E-state index >= 15 is 0 Å². The van der Waals surface area contributed by atoms with Crippen molar-refractivity contribution in [1.29, 1.82) is 5.26 Å². The molecule has 2 atom stereocenters. The van der Waals surface area contributed by atoms with Gasteiger partial charge in [0.1, 0.15) is 30.7 Å². The molecule has 0 fully saturated rings. The number of rotatable bonds is 7. The van der Waals surface area contributed by atoms with Gasteiger partial charge in [-0.25, -0.2) is 0 Å². The molecule has 0 bridgehead atoms. The molecule has 1 N–H and O–H groups in total. The van der Waals surface area contributed by atoms with Crippen molar-refractivity contribution in [3.05, 3.63) is 83.3 Å². The highest BCUT2D eigenvalue weighted by atomic mass is 17.0. The molecule has 1 aliphatic heterocycles. The van der Waals surface area contributed by atoms with Crippen LogP contribution in [-0.4, -0.2) is 31.6 Å². The van der Waals surface area contributed by atoms with E-state index in [1.807, 2.05) is 6.07 Å². The van der Waals surface area contributed by atoms with Crippen LogP contribution in [0, 0.1) is 31.6 Å². The first-order chi connectivity index (χ1) is 15.0. The normalized spacial score (nSPS) is 18.6. The molecular weight excluding hydrogens is 428 g/mol. The fraction of sp³-hybridized carbons (Fsp3) is 0.368. The lowest BCUT2D eigenvalue weighted by Crippen LogP contribution is -2.52. The van der Waals surface area contributed by atoms with E-state index in [9.17, 15) is 35.4 Å². The topological polar surface area (TPSA) is 180 Å². The first-order valence-corrected chi connectivity index (χ1v) is 9.23. The summed E-state index contributed by atoms with van der Waals surface area (Å²) in [6.07, 6.45) is -0.0467. The molecule has 0 saturated carbocycles.